The number of aryl methyl sites for hydroxylation is 1. The van der Waals surface area contributed by atoms with Gasteiger partial charge in [0.1, 0.15) is 18.4 Å². The van der Waals surface area contributed by atoms with Crippen molar-refractivity contribution >= 4 is 5.97 Å². The third-order valence-corrected chi connectivity index (χ3v) is 3.27. The first-order valence-electron chi connectivity index (χ1n) is 7.37. The van der Waals surface area contributed by atoms with Crippen molar-refractivity contribution in [3.05, 3.63) is 29.3 Å². The van der Waals surface area contributed by atoms with E-state index in [0.717, 1.165) is 11.3 Å². The molecule has 0 heterocycles. The van der Waals surface area contributed by atoms with Gasteiger partial charge in [-0.2, -0.15) is 0 Å². The molecule has 0 bridgehead atoms. The summed E-state index contributed by atoms with van der Waals surface area (Å²) >= 11 is 0. The van der Waals surface area contributed by atoms with Crippen LogP contribution in [0.15, 0.2) is 18.2 Å². The number of benzene rings is 1. The molecule has 0 fully saturated rings. The molecule has 0 spiro atoms. The van der Waals surface area contributed by atoms with E-state index in [0.29, 0.717) is 6.61 Å². The van der Waals surface area contributed by atoms with E-state index in [9.17, 15) is 4.79 Å². The van der Waals surface area contributed by atoms with Gasteiger partial charge in [-0.05, 0) is 37.9 Å². The van der Waals surface area contributed by atoms with Gasteiger partial charge in [0.2, 0.25) is 0 Å². The third-order valence-electron chi connectivity index (χ3n) is 3.27. The number of hydrogen-bond donors (Lipinski definition) is 1. The van der Waals surface area contributed by atoms with Crippen LogP contribution in [0.2, 0.25) is 0 Å². The molecule has 21 heavy (non-hydrogen) atoms. The van der Waals surface area contributed by atoms with Gasteiger partial charge in [0.25, 0.3) is 0 Å². The van der Waals surface area contributed by atoms with Crippen LogP contribution in [-0.2, 0) is 14.9 Å². The predicted octanol–water partition coefficient (Wildman–Crippen LogP) is 2.82. The van der Waals surface area contributed by atoms with Crippen molar-refractivity contribution in [1.29, 1.82) is 0 Å². The minimum absolute atomic E-state index is 0.0135. The second-order valence-electron chi connectivity index (χ2n) is 6.15. The van der Waals surface area contributed by atoms with Crippen LogP contribution in [0.5, 0.6) is 5.75 Å². The lowest BCUT2D eigenvalue weighted by Gasteiger charge is -2.24. The summed E-state index contributed by atoms with van der Waals surface area (Å²) in [6.07, 6.45) is 0. The number of hydrogen-bond acceptors (Lipinski definition) is 4. The van der Waals surface area contributed by atoms with Crippen molar-refractivity contribution in [1.82, 2.24) is 5.32 Å². The maximum atomic E-state index is 11.8. The summed E-state index contributed by atoms with van der Waals surface area (Å²) in [4.78, 5) is 11.8. The standard InChI is InChI=1S/C17H27NO3/c1-7-20-16(19)14(18-6)11-21-15-9-8-12(2)10-13(15)17(3,4)5/h8-10,14,18H,7,11H2,1-6H3. The Bertz CT molecular complexity index is 477. The number of esters is 1. The summed E-state index contributed by atoms with van der Waals surface area (Å²) in [5.41, 5.74) is 2.32. The van der Waals surface area contributed by atoms with Crippen molar-refractivity contribution in [2.24, 2.45) is 0 Å². The maximum absolute atomic E-state index is 11.8. The summed E-state index contributed by atoms with van der Waals surface area (Å²) in [6.45, 7) is 10.9. The first-order chi connectivity index (χ1) is 9.79. The van der Waals surface area contributed by atoms with Gasteiger partial charge in [0.05, 0.1) is 6.61 Å². The van der Waals surface area contributed by atoms with Gasteiger partial charge in [-0.15, -0.1) is 0 Å². The molecule has 1 unspecified atom stereocenters. The van der Waals surface area contributed by atoms with Gasteiger partial charge in [0, 0.05) is 0 Å². The smallest absolute Gasteiger partial charge is 0.326 e. The molecule has 0 saturated heterocycles. The Labute approximate surface area is 127 Å². The zero-order chi connectivity index (χ0) is 16.0. The highest BCUT2D eigenvalue weighted by molar-refractivity contribution is 5.75. The number of carbonyl (C=O) groups is 1. The van der Waals surface area contributed by atoms with E-state index in [2.05, 4.69) is 39.1 Å². The zero-order valence-electron chi connectivity index (χ0n) is 13.9. The topological polar surface area (TPSA) is 47.6 Å². The normalized spacial score (nSPS) is 12.9. The van der Waals surface area contributed by atoms with Crippen LogP contribution in [0.25, 0.3) is 0 Å². The summed E-state index contributed by atoms with van der Waals surface area (Å²) in [7, 11) is 1.73. The molecule has 1 N–H and O–H groups in total. The summed E-state index contributed by atoms with van der Waals surface area (Å²) in [6, 6.07) is 5.66. The van der Waals surface area contributed by atoms with Crippen LogP contribution in [-0.4, -0.2) is 32.3 Å². The number of carbonyl (C=O) groups excluding carboxylic acids is 1. The highest BCUT2D eigenvalue weighted by Crippen LogP contribution is 2.32. The van der Waals surface area contributed by atoms with Gasteiger partial charge in [-0.3, -0.25) is 4.79 Å². The lowest BCUT2D eigenvalue weighted by Crippen LogP contribution is -2.40. The molecule has 1 aromatic rings. The quantitative estimate of drug-likeness (QED) is 0.819. The Kier molecular flexibility index (Phi) is 6.21. The highest BCUT2D eigenvalue weighted by Gasteiger charge is 2.22. The molecule has 0 aliphatic heterocycles. The lowest BCUT2D eigenvalue weighted by atomic mass is 9.85. The molecule has 0 saturated carbocycles. The minimum atomic E-state index is -0.459. The van der Waals surface area contributed by atoms with Crippen LogP contribution < -0.4 is 10.1 Å². The molecule has 1 aromatic carbocycles. The molecular formula is C17H27NO3. The number of likely N-dealkylation sites (N-methyl/N-ethyl adjacent to an activating group) is 1. The zero-order valence-corrected chi connectivity index (χ0v) is 13.9. The highest BCUT2D eigenvalue weighted by atomic mass is 16.5. The van der Waals surface area contributed by atoms with Crippen molar-refractivity contribution in [3.8, 4) is 5.75 Å². The Morgan fingerprint density at radius 2 is 2.00 bits per heavy atom. The van der Waals surface area contributed by atoms with Crippen LogP contribution in [0, 0.1) is 6.92 Å². The molecule has 0 aliphatic carbocycles. The third kappa shape index (κ3) is 5.05. The van der Waals surface area contributed by atoms with Gasteiger partial charge in [0.15, 0.2) is 0 Å². The number of ether oxygens (including phenoxy) is 2. The molecule has 4 nitrogen and oxygen atoms in total. The van der Waals surface area contributed by atoms with Gasteiger partial charge >= 0.3 is 5.97 Å². The van der Waals surface area contributed by atoms with Crippen molar-refractivity contribution in [2.45, 2.75) is 46.1 Å². The fourth-order valence-electron chi connectivity index (χ4n) is 2.04. The van der Waals surface area contributed by atoms with Crippen LogP contribution in [0.1, 0.15) is 38.8 Å². The number of nitrogens with one attached hydrogen (secondary N) is 1. The number of rotatable bonds is 6. The van der Waals surface area contributed by atoms with E-state index in [1.165, 1.54) is 5.56 Å². The Balaban J connectivity index is 2.86. The molecule has 1 atom stereocenters. The van der Waals surface area contributed by atoms with E-state index in [1.807, 2.05) is 12.1 Å². The maximum Gasteiger partial charge on any atom is 0.326 e. The molecular weight excluding hydrogens is 266 g/mol. The van der Waals surface area contributed by atoms with Crippen LogP contribution in [0.4, 0.5) is 0 Å². The fourth-order valence-corrected chi connectivity index (χ4v) is 2.04. The van der Waals surface area contributed by atoms with E-state index in [1.54, 1.807) is 14.0 Å². The first kappa shape index (κ1) is 17.5. The summed E-state index contributed by atoms with van der Waals surface area (Å²) < 4.78 is 10.9. The molecule has 1 rings (SSSR count). The SMILES string of the molecule is CCOC(=O)C(COc1ccc(C)cc1C(C)(C)C)NC. The summed E-state index contributed by atoms with van der Waals surface area (Å²) in [5.74, 6) is 0.530. The monoisotopic (exact) mass is 293 g/mol. The average Bonchev–Trinajstić information content (AvgIpc) is 2.40. The Morgan fingerprint density at radius 1 is 1.33 bits per heavy atom. The van der Waals surface area contributed by atoms with E-state index in [4.69, 9.17) is 9.47 Å². The van der Waals surface area contributed by atoms with E-state index >= 15 is 0 Å². The second kappa shape index (κ2) is 7.46. The lowest BCUT2D eigenvalue weighted by molar-refractivity contribution is -0.146. The average molecular weight is 293 g/mol. The van der Waals surface area contributed by atoms with Crippen molar-refractivity contribution in [3.63, 3.8) is 0 Å². The van der Waals surface area contributed by atoms with Gasteiger partial charge < -0.3 is 14.8 Å². The van der Waals surface area contributed by atoms with Crippen LogP contribution in [0.3, 0.4) is 0 Å². The molecule has 0 aliphatic rings. The molecule has 118 valence electrons. The predicted molar refractivity (Wildman–Crippen MR) is 84.9 cm³/mol. The molecule has 0 aromatic heterocycles. The Hall–Kier alpha value is -1.55. The Morgan fingerprint density at radius 3 is 2.52 bits per heavy atom. The minimum Gasteiger partial charge on any atom is -0.491 e. The molecule has 0 amide bonds. The second-order valence-corrected chi connectivity index (χ2v) is 6.15. The summed E-state index contributed by atoms with van der Waals surface area (Å²) in [5, 5.41) is 2.93. The van der Waals surface area contributed by atoms with E-state index in [-0.39, 0.29) is 18.0 Å². The first-order valence-corrected chi connectivity index (χ1v) is 7.37. The molecule has 4 heteroatoms. The van der Waals surface area contributed by atoms with Crippen LogP contribution >= 0.6 is 0 Å². The van der Waals surface area contributed by atoms with E-state index < -0.39 is 6.04 Å². The van der Waals surface area contributed by atoms with Gasteiger partial charge in [-0.1, -0.05) is 38.5 Å². The van der Waals surface area contributed by atoms with Gasteiger partial charge in [-0.25, -0.2) is 0 Å². The largest absolute Gasteiger partial charge is 0.491 e. The van der Waals surface area contributed by atoms with Crippen molar-refractivity contribution < 1.29 is 14.3 Å². The van der Waals surface area contributed by atoms with Crippen molar-refractivity contribution in [2.75, 3.05) is 20.3 Å². The fraction of sp³-hybridized carbons (Fsp3) is 0.588. The molecule has 0 radical (unpaired) electrons.